The van der Waals surface area contributed by atoms with E-state index >= 15 is 0 Å². The summed E-state index contributed by atoms with van der Waals surface area (Å²) in [5.41, 5.74) is 0.166. The van der Waals surface area contributed by atoms with Gasteiger partial charge in [-0.1, -0.05) is 0 Å². The third-order valence-electron chi connectivity index (χ3n) is 4.80. The monoisotopic (exact) mass is 337 g/mol. The minimum absolute atomic E-state index is 0.166. The van der Waals surface area contributed by atoms with Crippen molar-refractivity contribution in [3.05, 3.63) is 29.8 Å². The minimum atomic E-state index is -0.757. The molecule has 0 saturated carbocycles. The number of likely N-dealkylation sites (tertiary alicyclic amines) is 1. The normalized spacial score (nSPS) is 24.5. The summed E-state index contributed by atoms with van der Waals surface area (Å²) < 4.78 is 26.8. The molecule has 0 spiro atoms. The zero-order valence-electron chi connectivity index (χ0n) is 13.6. The largest absolute Gasteiger partial charge is 0.340 e. The molecule has 1 N–H and O–H groups in total. The van der Waals surface area contributed by atoms with E-state index in [1.165, 1.54) is 4.90 Å². The molecule has 0 aromatic heterocycles. The minimum Gasteiger partial charge on any atom is -0.340 e. The summed E-state index contributed by atoms with van der Waals surface area (Å²) in [6, 6.07) is 3.24. The number of nitrogens with zero attached hydrogens (tertiary/aromatic N) is 2. The summed E-state index contributed by atoms with van der Waals surface area (Å²) in [5.74, 6) is -2.79. The molecular formula is C17H21F2N3O2. The molecule has 5 nitrogen and oxygen atoms in total. The van der Waals surface area contributed by atoms with E-state index in [9.17, 15) is 18.4 Å². The maximum Gasteiger partial charge on any atom is 0.239 e. The lowest BCUT2D eigenvalue weighted by Crippen LogP contribution is -2.49. The van der Waals surface area contributed by atoms with Gasteiger partial charge in [-0.2, -0.15) is 0 Å². The van der Waals surface area contributed by atoms with Gasteiger partial charge in [0.05, 0.1) is 0 Å². The molecule has 0 aliphatic carbocycles. The third-order valence-corrected chi connectivity index (χ3v) is 4.80. The second-order valence-corrected chi connectivity index (χ2v) is 6.37. The van der Waals surface area contributed by atoms with Gasteiger partial charge < -0.3 is 15.1 Å². The number of likely N-dealkylation sites (N-methyl/N-ethyl adjacent to an activating group) is 1. The first-order chi connectivity index (χ1) is 11.5. The van der Waals surface area contributed by atoms with Crippen LogP contribution in [0.1, 0.15) is 19.3 Å². The molecule has 2 saturated heterocycles. The Kier molecular flexibility index (Phi) is 4.80. The number of hydrogen-bond acceptors (Lipinski definition) is 3. The molecule has 2 aliphatic heterocycles. The van der Waals surface area contributed by atoms with E-state index in [0.29, 0.717) is 26.1 Å². The molecule has 2 aliphatic rings. The van der Waals surface area contributed by atoms with Gasteiger partial charge in [-0.15, -0.1) is 0 Å². The van der Waals surface area contributed by atoms with Crippen LogP contribution in [0.4, 0.5) is 14.5 Å². The van der Waals surface area contributed by atoms with Crippen molar-refractivity contribution in [2.45, 2.75) is 25.3 Å². The van der Waals surface area contributed by atoms with Crippen molar-refractivity contribution in [3.8, 4) is 0 Å². The molecule has 0 bridgehead atoms. The van der Waals surface area contributed by atoms with Crippen LogP contribution in [0.3, 0.4) is 0 Å². The number of carbonyl (C=O) groups excluding carboxylic acids is 2. The lowest BCUT2D eigenvalue weighted by atomic mass is 10.0. The lowest BCUT2D eigenvalue weighted by molar-refractivity contribution is -0.140. The van der Waals surface area contributed by atoms with E-state index in [-0.39, 0.29) is 23.5 Å². The summed E-state index contributed by atoms with van der Waals surface area (Å²) >= 11 is 0. The van der Waals surface area contributed by atoms with E-state index < -0.39 is 17.6 Å². The van der Waals surface area contributed by atoms with Crippen molar-refractivity contribution in [1.29, 1.82) is 0 Å². The molecule has 0 unspecified atom stereocenters. The van der Waals surface area contributed by atoms with Gasteiger partial charge in [0, 0.05) is 37.4 Å². The zero-order chi connectivity index (χ0) is 17.3. The highest BCUT2D eigenvalue weighted by Crippen LogP contribution is 2.28. The fourth-order valence-corrected chi connectivity index (χ4v) is 3.49. The quantitative estimate of drug-likeness (QED) is 0.851. The van der Waals surface area contributed by atoms with E-state index in [4.69, 9.17) is 0 Å². The first-order valence-electron chi connectivity index (χ1n) is 8.23. The number of hydrogen-bond donors (Lipinski definition) is 1. The number of halogens is 2. The molecule has 24 heavy (non-hydrogen) atoms. The molecule has 2 heterocycles. The Labute approximate surface area is 139 Å². The summed E-state index contributed by atoms with van der Waals surface area (Å²) in [6.45, 7) is 1.53. The summed E-state index contributed by atoms with van der Waals surface area (Å²) in [4.78, 5) is 28.3. The van der Waals surface area contributed by atoms with Gasteiger partial charge in [-0.25, -0.2) is 8.78 Å². The van der Waals surface area contributed by atoms with E-state index in [1.54, 1.807) is 4.90 Å². The molecular weight excluding hydrogens is 316 g/mol. The van der Waals surface area contributed by atoms with Crippen LogP contribution in [0, 0.1) is 17.6 Å². The van der Waals surface area contributed by atoms with Crippen LogP contribution >= 0.6 is 0 Å². The molecule has 2 atom stereocenters. The molecule has 2 fully saturated rings. The maximum absolute atomic E-state index is 13.4. The average Bonchev–Trinajstić information content (AvgIpc) is 2.95. The molecule has 0 radical (unpaired) electrons. The van der Waals surface area contributed by atoms with Crippen LogP contribution < -0.4 is 10.2 Å². The van der Waals surface area contributed by atoms with Crippen molar-refractivity contribution in [2.75, 3.05) is 31.6 Å². The standard InChI is InChI=1S/C17H21F2N3O2/c1-20-13-3-2-5-21(10-13)16(23)15-4-6-22(17(15)24)14-8-11(18)7-12(19)9-14/h7-9,13,15,20H,2-6,10H2,1H3/t13-,15-/m0/s1. The Morgan fingerprint density at radius 2 is 1.88 bits per heavy atom. The molecule has 130 valence electrons. The Hall–Kier alpha value is -2.02. The molecule has 7 heteroatoms. The first kappa shape index (κ1) is 16.8. The predicted molar refractivity (Wildman–Crippen MR) is 85.5 cm³/mol. The Balaban J connectivity index is 1.72. The van der Waals surface area contributed by atoms with Crippen LogP contribution in [0.25, 0.3) is 0 Å². The number of rotatable bonds is 3. The van der Waals surface area contributed by atoms with E-state index in [2.05, 4.69) is 5.32 Å². The van der Waals surface area contributed by atoms with Crippen LogP contribution in [0.2, 0.25) is 0 Å². The topological polar surface area (TPSA) is 52.7 Å². The second-order valence-electron chi connectivity index (χ2n) is 6.37. The van der Waals surface area contributed by atoms with Crippen molar-refractivity contribution in [3.63, 3.8) is 0 Å². The van der Waals surface area contributed by atoms with Gasteiger partial charge in [0.1, 0.15) is 17.6 Å². The highest BCUT2D eigenvalue weighted by atomic mass is 19.1. The number of piperidine rings is 1. The number of carbonyl (C=O) groups is 2. The Bertz CT molecular complexity index is 632. The first-order valence-corrected chi connectivity index (χ1v) is 8.23. The average molecular weight is 337 g/mol. The van der Waals surface area contributed by atoms with Gasteiger partial charge in [0.25, 0.3) is 0 Å². The molecule has 1 aromatic rings. The van der Waals surface area contributed by atoms with Gasteiger partial charge in [0.2, 0.25) is 11.8 Å². The van der Waals surface area contributed by atoms with Gasteiger partial charge in [-0.05, 0) is 38.4 Å². The van der Waals surface area contributed by atoms with E-state index in [1.807, 2.05) is 7.05 Å². The van der Waals surface area contributed by atoms with Gasteiger partial charge in [-0.3, -0.25) is 9.59 Å². The van der Waals surface area contributed by atoms with Crippen LogP contribution in [0.15, 0.2) is 18.2 Å². The number of benzene rings is 1. The second kappa shape index (κ2) is 6.84. The number of nitrogens with one attached hydrogen (secondary N) is 1. The maximum atomic E-state index is 13.4. The Morgan fingerprint density at radius 3 is 2.54 bits per heavy atom. The fourth-order valence-electron chi connectivity index (χ4n) is 3.49. The summed E-state index contributed by atoms with van der Waals surface area (Å²) in [5, 5.41) is 3.17. The van der Waals surface area contributed by atoms with Crippen molar-refractivity contribution >= 4 is 17.5 Å². The molecule has 2 amide bonds. The smallest absolute Gasteiger partial charge is 0.239 e. The zero-order valence-corrected chi connectivity index (χ0v) is 13.6. The van der Waals surface area contributed by atoms with Crippen LogP contribution in [-0.2, 0) is 9.59 Å². The highest BCUT2D eigenvalue weighted by Gasteiger charge is 2.40. The van der Waals surface area contributed by atoms with Gasteiger partial charge in [0.15, 0.2) is 0 Å². The fraction of sp³-hybridized carbons (Fsp3) is 0.529. The lowest BCUT2D eigenvalue weighted by Gasteiger charge is -2.33. The highest BCUT2D eigenvalue weighted by molar-refractivity contribution is 6.09. The van der Waals surface area contributed by atoms with Crippen molar-refractivity contribution < 1.29 is 18.4 Å². The molecule has 3 rings (SSSR count). The summed E-state index contributed by atoms with van der Waals surface area (Å²) in [6.07, 6.45) is 2.28. The third kappa shape index (κ3) is 3.26. The van der Waals surface area contributed by atoms with Crippen LogP contribution in [0.5, 0.6) is 0 Å². The number of anilines is 1. The number of amides is 2. The summed E-state index contributed by atoms with van der Waals surface area (Å²) in [7, 11) is 1.86. The predicted octanol–water partition coefficient (Wildman–Crippen LogP) is 1.53. The SMILES string of the molecule is CN[C@H]1CCCN(C(=O)[C@@H]2CCN(c3cc(F)cc(F)c3)C2=O)C1. The van der Waals surface area contributed by atoms with Crippen molar-refractivity contribution in [1.82, 2.24) is 10.2 Å². The van der Waals surface area contributed by atoms with Crippen molar-refractivity contribution in [2.24, 2.45) is 5.92 Å². The van der Waals surface area contributed by atoms with E-state index in [0.717, 1.165) is 31.0 Å². The Morgan fingerprint density at radius 1 is 1.17 bits per heavy atom. The molecule has 1 aromatic carbocycles. The van der Waals surface area contributed by atoms with Gasteiger partial charge >= 0.3 is 0 Å². The van der Waals surface area contributed by atoms with Crippen LogP contribution in [-0.4, -0.2) is 49.4 Å².